The first-order valence-corrected chi connectivity index (χ1v) is 5.48. The number of primary amides is 1. The Hall–Kier alpha value is -2.41. The van der Waals surface area contributed by atoms with E-state index in [4.69, 9.17) is 5.73 Å². The smallest absolute Gasteiger partial charge is 0.288 e. The van der Waals surface area contributed by atoms with E-state index in [2.05, 4.69) is 15.5 Å². The molecule has 7 nitrogen and oxygen atoms in total. The summed E-state index contributed by atoms with van der Waals surface area (Å²) in [5, 5.41) is 6.00. The molecule has 18 heavy (non-hydrogen) atoms. The summed E-state index contributed by atoms with van der Waals surface area (Å²) in [7, 11) is 1.92. The molecule has 3 rings (SSSR count). The number of hydrogen-bond acceptors (Lipinski definition) is 5. The van der Waals surface area contributed by atoms with Gasteiger partial charge in [0.05, 0.1) is 5.69 Å². The van der Waals surface area contributed by atoms with E-state index in [1.807, 2.05) is 30.4 Å². The van der Waals surface area contributed by atoms with Crippen LogP contribution < -0.4 is 11.2 Å². The van der Waals surface area contributed by atoms with Gasteiger partial charge in [-0.1, -0.05) is 6.07 Å². The monoisotopic (exact) mass is 244 g/mol. The quantitative estimate of drug-likeness (QED) is 0.751. The lowest BCUT2D eigenvalue weighted by Crippen LogP contribution is -2.23. The van der Waals surface area contributed by atoms with E-state index < -0.39 is 5.91 Å². The van der Waals surface area contributed by atoms with Crippen molar-refractivity contribution in [1.29, 1.82) is 0 Å². The largest absolute Gasteiger partial charge is 0.363 e. The SMILES string of the molecule is CN1C=C(c2cccc3nc(C(N)=O)nn23)CN1. The molecule has 0 saturated heterocycles. The number of nitrogens with one attached hydrogen (secondary N) is 1. The van der Waals surface area contributed by atoms with E-state index in [0.717, 1.165) is 11.3 Å². The van der Waals surface area contributed by atoms with Crippen LogP contribution in [0.4, 0.5) is 0 Å². The minimum atomic E-state index is -0.625. The number of hydrazine groups is 1. The number of carbonyl (C=O) groups excluding carboxylic acids is 1. The van der Waals surface area contributed by atoms with Crippen LogP contribution in [0.1, 0.15) is 16.3 Å². The fourth-order valence-electron chi connectivity index (χ4n) is 1.94. The molecule has 2 aromatic rings. The number of nitrogens with zero attached hydrogens (tertiary/aromatic N) is 4. The summed E-state index contributed by atoms with van der Waals surface area (Å²) in [5.74, 6) is -0.595. The lowest BCUT2D eigenvalue weighted by molar-refractivity contribution is 0.0990. The standard InChI is InChI=1S/C11H12N6O/c1-16-6-7(5-13-16)8-3-2-4-9-14-11(10(12)18)15-17(8)9/h2-4,6,13H,5H2,1H3,(H2,12,18). The number of hydrogen-bond donors (Lipinski definition) is 2. The molecule has 92 valence electrons. The molecule has 0 aromatic carbocycles. The maximum absolute atomic E-state index is 11.1. The zero-order chi connectivity index (χ0) is 12.7. The van der Waals surface area contributed by atoms with E-state index in [0.29, 0.717) is 12.2 Å². The Morgan fingerprint density at radius 1 is 1.50 bits per heavy atom. The fourth-order valence-corrected chi connectivity index (χ4v) is 1.94. The molecule has 7 heteroatoms. The maximum atomic E-state index is 11.1. The van der Waals surface area contributed by atoms with Crippen molar-refractivity contribution < 1.29 is 4.79 Å². The number of pyridine rings is 1. The van der Waals surface area contributed by atoms with Crippen molar-refractivity contribution in [3.05, 3.63) is 35.9 Å². The number of rotatable bonds is 2. The van der Waals surface area contributed by atoms with Gasteiger partial charge < -0.3 is 10.7 Å². The molecule has 0 unspecified atom stereocenters. The summed E-state index contributed by atoms with van der Waals surface area (Å²) < 4.78 is 1.63. The first-order chi connectivity index (χ1) is 8.65. The molecular weight excluding hydrogens is 232 g/mol. The third-order valence-electron chi connectivity index (χ3n) is 2.78. The molecule has 0 fully saturated rings. The first-order valence-electron chi connectivity index (χ1n) is 5.48. The summed E-state index contributed by atoms with van der Waals surface area (Å²) >= 11 is 0. The van der Waals surface area contributed by atoms with Gasteiger partial charge in [-0.2, -0.15) is 0 Å². The Balaban J connectivity index is 2.18. The molecule has 1 aliphatic heterocycles. The highest BCUT2D eigenvalue weighted by atomic mass is 16.1. The molecule has 0 saturated carbocycles. The molecule has 0 atom stereocenters. The van der Waals surface area contributed by atoms with E-state index in [1.165, 1.54) is 0 Å². The van der Waals surface area contributed by atoms with Crippen LogP contribution in [0.2, 0.25) is 0 Å². The summed E-state index contributed by atoms with van der Waals surface area (Å²) in [4.78, 5) is 15.2. The van der Waals surface area contributed by atoms with Crippen LogP contribution in [0.15, 0.2) is 24.4 Å². The van der Waals surface area contributed by atoms with Crippen LogP contribution in [-0.2, 0) is 0 Å². The van der Waals surface area contributed by atoms with Gasteiger partial charge in [-0.25, -0.2) is 14.9 Å². The summed E-state index contributed by atoms with van der Waals surface area (Å²) in [6.07, 6.45) is 1.97. The molecule has 1 amide bonds. The molecule has 0 bridgehead atoms. The van der Waals surface area contributed by atoms with E-state index in [1.54, 1.807) is 10.6 Å². The predicted octanol–water partition coefficient (Wildman–Crippen LogP) is -0.381. The number of nitrogens with two attached hydrogens (primary N) is 1. The number of amides is 1. The van der Waals surface area contributed by atoms with Crippen molar-refractivity contribution in [2.45, 2.75) is 0 Å². The third-order valence-corrected chi connectivity index (χ3v) is 2.78. The highest BCUT2D eigenvalue weighted by molar-refractivity contribution is 5.89. The lowest BCUT2D eigenvalue weighted by atomic mass is 10.2. The van der Waals surface area contributed by atoms with Crippen LogP contribution in [0, 0.1) is 0 Å². The van der Waals surface area contributed by atoms with Gasteiger partial charge in [0.15, 0.2) is 5.65 Å². The van der Waals surface area contributed by atoms with Gasteiger partial charge in [0, 0.05) is 25.4 Å². The van der Waals surface area contributed by atoms with E-state index in [-0.39, 0.29) is 5.82 Å². The lowest BCUT2D eigenvalue weighted by Gasteiger charge is -2.04. The number of carbonyl (C=O) groups is 1. The zero-order valence-corrected chi connectivity index (χ0v) is 9.79. The topological polar surface area (TPSA) is 88.6 Å². The van der Waals surface area contributed by atoms with Crippen LogP contribution in [0.3, 0.4) is 0 Å². The van der Waals surface area contributed by atoms with E-state index in [9.17, 15) is 4.79 Å². The van der Waals surface area contributed by atoms with Crippen molar-refractivity contribution in [3.63, 3.8) is 0 Å². The van der Waals surface area contributed by atoms with Gasteiger partial charge in [-0.05, 0) is 12.1 Å². The van der Waals surface area contributed by atoms with Crippen LogP contribution in [0.25, 0.3) is 11.2 Å². The van der Waals surface area contributed by atoms with Gasteiger partial charge in [0.2, 0.25) is 5.82 Å². The van der Waals surface area contributed by atoms with E-state index >= 15 is 0 Å². The second kappa shape index (κ2) is 3.81. The van der Waals surface area contributed by atoms with Crippen molar-refractivity contribution in [2.75, 3.05) is 13.6 Å². The average molecular weight is 244 g/mol. The molecule has 1 aliphatic rings. The minimum absolute atomic E-state index is 0.0300. The Morgan fingerprint density at radius 2 is 2.33 bits per heavy atom. The maximum Gasteiger partial charge on any atom is 0.288 e. The molecule has 0 radical (unpaired) electrons. The van der Waals surface area contributed by atoms with Gasteiger partial charge in [0.25, 0.3) is 5.91 Å². The summed E-state index contributed by atoms with van der Waals surface area (Å²) in [5.41, 5.74) is 10.9. The first kappa shape index (κ1) is 10.7. The van der Waals surface area contributed by atoms with Gasteiger partial charge in [-0.3, -0.25) is 4.79 Å². The average Bonchev–Trinajstić information content (AvgIpc) is 2.94. The zero-order valence-electron chi connectivity index (χ0n) is 9.79. The Labute approximate surface area is 103 Å². The number of fused-ring (bicyclic) bond motifs is 1. The highest BCUT2D eigenvalue weighted by Crippen LogP contribution is 2.18. The fraction of sp³-hybridized carbons (Fsp3) is 0.182. The van der Waals surface area contributed by atoms with Crippen LogP contribution in [-0.4, -0.2) is 39.1 Å². The summed E-state index contributed by atoms with van der Waals surface area (Å²) in [6.45, 7) is 0.710. The van der Waals surface area contributed by atoms with Crippen molar-refractivity contribution in [2.24, 2.45) is 5.73 Å². The third kappa shape index (κ3) is 1.61. The van der Waals surface area contributed by atoms with Crippen LogP contribution >= 0.6 is 0 Å². The van der Waals surface area contributed by atoms with Crippen LogP contribution in [0.5, 0.6) is 0 Å². The second-order valence-electron chi connectivity index (χ2n) is 4.08. The van der Waals surface area contributed by atoms with Gasteiger partial charge in [0.1, 0.15) is 0 Å². The molecule has 3 N–H and O–H groups in total. The number of aromatic nitrogens is 3. The predicted molar refractivity (Wildman–Crippen MR) is 65.2 cm³/mol. The Bertz CT molecular complexity index is 659. The molecule has 2 aromatic heterocycles. The van der Waals surface area contributed by atoms with Gasteiger partial charge in [-0.15, -0.1) is 5.10 Å². The Morgan fingerprint density at radius 3 is 3.00 bits per heavy atom. The molecule has 0 spiro atoms. The minimum Gasteiger partial charge on any atom is -0.363 e. The normalized spacial score (nSPS) is 15.2. The second-order valence-corrected chi connectivity index (χ2v) is 4.08. The van der Waals surface area contributed by atoms with Gasteiger partial charge >= 0.3 is 0 Å². The Kier molecular flexibility index (Phi) is 2.27. The molecule has 0 aliphatic carbocycles. The highest BCUT2D eigenvalue weighted by Gasteiger charge is 2.16. The van der Waals surface area contributed by atoms with Crippen molar-refractivity contribution in [3.8, 4) is 0 Å². The van der Waals surface area contributed by atoms with Crippen molar-refractivity contribution >= 4 is 17.1 Å². The van der Waals surface area contributed by atoms with Crippen molar-refractivity contribution in [1.82, 2.24) is 25.0 Å². The molecule has 3 heterocycles. The summed E-state index contributed by atoms with van der Waals surface area (Å²) in [6, 6.07) is 5.60. The molecular formula is C11H12N6O.